The monoisotopic (exact) mass is 317 g/mol. The zero-order valence-corrected chi connectivity index (χ0v) is 12.4. The van der Waals surface area contributed by atoms with Gasteiger partial charge in [0, 0.05) is 18.0 Å². The summed E-state index contributed by atoms with van der Waals surface area (Å²) in [5.74, 6) is -1.95. The van der Waals surface area contributed by atoms with E-state index in [0.29, 0.717) is 22.8 Å². The van der Waals surface area contributed by atoms with Crippen LogP contribution in [-0.4, -0.2) is 22.4 Å². The highest BCUT2D eigenvalue weighted by Gasteiger charge is 2.19. The Balaban J connectivity index is 2.01. The van der Waals surface area contributed by atoms with Crippen LogP contribution >= 0.6 is 0 Å². The first-order valence-electron chi connectivity index (χ1n) is 6.79. The van der Waals surface area contributed by atoms with Crippen molar-refractivity contribution < 1.29 is 18.3 Å². The number of anilines is 1. The number of pyridine rings is 1. The van der Waals surface area contributed by atoms with E-state index in [0.717, 1.165) is 12.1 Å². The van der Waals surface area contributed by atoms with Crippen molar-refractivity contribution in [3.05, 3.63) is 59.6 Å². The Labute approximate surface area is 130 Å². The van der Waals surface area contributed by atoms with E-state index in [9.17, 15) is 13.6 Å². The van der Waals surface area contributed by atoms with Crippen LogP contribution in [0, 0.1) is 18.6 Å². The van der Waals surface area contributed by atoms with Crippen molar-refractivity contribution in [2.24, 2.45) is 0 Å². The number of hydrogen-bond acceptors (Lipinski definition) is 3. The molecule has 23 heavy (non-hydrogen) atoms. The van der Waals surface area contributed by atoms with Crippen LogP contribution in [0.1, 0.15) is 16.2 Å². The fourth-order valence-corrected chi connectivity index (χ4v) is 2.35. The fourth-order valence-electron chi connectivity index (χ4n) is 2.35. The second-order valence-corrected chi connectivity index (χ2v) is 4.90. The van der Waals surface area contributed by atoms with Crippen LogP contribution in [0.15, 0.2) is 36.5 Å². The normalized spacial score (nSPS) is 10.8. The van der Waals surface area contributed by atoms with E-state index < -0.39 is 17.5 Å². The fraction of sp³-hybridized carbons (Fsp3) is 0.125. The number of halogens is 2. The Morgan fingerprint density at radius 1 is 1.26 bits per heavy atom. The van der Waals surface area contributed by atoms with Gasteiger partial charge in [-0.05, 0) is 31.2 Å². The SMILES string of the molecule is COc1cccn2c(C(=O)Nc3ccc(F)c(F)c3)c(C)nc12. The molecule has 7 heteroatoms. The largest absolute Gasteiger partial charge is 0.493 e. The van der Waals surface area contributed by atoms with Gasteiger partial charge in [-0.1, -0.05) is 0 Å². The van der Waals surface area contributed by atoms with Gasteiger partial charge in [0.1, 0.15) is 5.69 Å². The van der Waals surface area contributed by atoms with Gasteiger partial charge in [-0.3, -0.25) is 9.20 Å². The molecular formula is C16H13F2N3O2. The van der Waals surface area contributed by atoms with E-state index in [1.807, 2.05) is 0 Å². The molecule has 0 spiro atoms. The van der Waals surface area contributed by atoms with Crippen LogP contribution in [0.4, 0.5) is 14.5 Å². The third-order valence-corrected chi connectivity index (χ3v) is 3.40. The second-order valence-electron chi connectivity index (χ2n) is 4.90. The van der Waals surface area contributed by atoms with Gasteiger partial charge in [-0.25, -0.2) is 13.8 Å². The molecule has 1 amide bonds. The van der Waals surface area contributed by atoms with Crippen LogP contribution in [-0.2, 0) is 0 Å². The van der Waals surface area contributed by atoms with Crippen LogP contribution in [0.3, 0.4) is 0 Å². The Hall–Kier alpha value is -2.96. The number of hydrogen-bond donors (Lipinski definition) is 1. The van der Waals surface area contributed by atoms with Crippen molar-refractivity contribution in [2.75, 3.05) is 12.4 Å². The number of carbonyl (C=O) groups excluding carboxylic acids is 1. The summed E-state index contributed by atoms with van der Waals surface area (Å²) in [4.78, 5) is 16.8. The summed E-state index contributed by atoms with van der Waals surface area (Å²) in [6, 6.07) is 6.62. The average molecular weight is 317 g/mol. The molecule has 118 valence electrons. The Bertz CT molecular complexity index is 906. The molecule has 0 radical (unpaired) electrons. The molecule has 0 aliphatic heterocycles. The third-order valence-electron chi connectivity index (χ3n) is 3.40. The van der Waals surface area contributed by atoms with E-state index in [4.69, 9.17) is 4.74 Å². The molecule has 0 aliphatic rings. The van der Waals surface area contributed by atoms with Crippen LogP contribution in [0.2, 0.25) is 0 Å². The molecular weight excluding hydrogens is 304 g/mol. The minimum absolute atomic E-state index is 0.158. The number of rotatable bonds is 3. The van der Waals surface area contributed by atoms with Gasteiger partial charge in [0.15, 0.2) is 23.0 Å². The number of amides is 1. The van der Waals surface area contributed by atoms with Gasteiger partial charge >= 0.3 is 0 Å². The quantitative estimate of drug-likeness (QED) is 0.807. The van der Waals surface area contributed by atoms with Crippen molar-refractivity contribution in [1.29, 1.82) is 0 Å². The highest BCUT2D eigenvalue weighted by Crippen LogP contribution is 2.22. The molecule has 0 bridgehead atoms. The zero-order valence-electron chi connectivity index (χ0n) is 12.4. The molecule has 1 aromatic carbocycles. The number of aromatic nitrogens is 2. The van der Waals surface area contributed by atoms with Gasteiger partial charge in [0.2, 0.25) is 0 Å². The smallest absolute Gasteiger partial charge is 0.274 e. The van der Waals surface area contributed by atoms with Crippen molar-refractivity contribution in [1.82, 2.24) is 9.38 Å². The molecule has 0 saturated heterocycles. The molecule has 0 aliphatic carbocycles. The van der Waals surface area contributed by atoms with Crippen LogP contribution in [0.5, 0.6) is 5.75 Å². The maximum absolute atomic E-state index is 13.2. The summed E-state index contributed by atoms with van der Waals surface area (Å²) in [6.45, 7) is 1.69. The maximum Gasteiger partial charge on any atom is 0.274 e. The Morgan fingerprint density at radius 2 is 2.04 bits per heavy atom. The lowest BCUT2D eigenvalue weighted by Gasteiger charge is -2.07. The van der Waals surface area contributed by atoms with E-state index in [1.54, 1.807) is 29.7 Å². The first-order valence-corrected chi connectivity index (χ1v) is 6.79. The molecule has 5 nitrogen and oxygen atoms in total. The number of methoxy groups -OCH3 is 1. The minimum Gasteiger partial charge on any atom is -0.493 e. The predicted molar refractivity (Wildman–Crippen MR) is 80.8 cm³/mol. The molecule has 0 saturated carbocycles. The van der Waals surface area contributed by atoms with E-state index in [1.165, 1.54) is 13.2 Å². The number of carbonyl (C=O) groups is 1. The predicted octanol–water partition coefficient (Wildman–Crippen LogP) is 3.18. The lowest BCUT2D eigenvalue weighted by molar-refractivity contribution is 0.102. The van der Waals surface area contributed by atoms with Crippen molar-refractivity contribution in [2.45, 2.75) is 6.92 Å². The average Bonchev–Trinajstić information content (AvgIpc) is 2.86. The van der Waals surface area contributed by atoms with Gasteiger partial charge in [0.05, 0.1) is 12.8 Å². The first-order chi connectivity index (χ1) is 11.0. The lowest BCUT2D eigenvalue weighted by Crippen LogP contribution is -2.15. The zero-order chi connectivity index (χ0) is 16.6. The summed E-state index contributed by atoms with van der Waals surface area (Å²) < 4.78 is 33.0. The second kappa shape index (κ2) is 5.68. The lowest BCUT2D eigenvalue weighted by atomic mass is 10.2. The van der Waals surface area contributed by atoms with Crippen LogP contribution < -0.4 is 10.1 Å². The van der Waals surface area contributed by atoms with Gasteiger partial charge < -0.3 is 10.1 Å². The summed E-state index contributed by atoms with van der Waals surface area (Å²) in [5, 5.41) is 2.54. The molecule has 3 rings (SSSR count). The molecule has 1 N–H and O–H groups in total. The molecule has 2 heterocycles. The molecule has 0 fully saturated rings. The first kappa shape index (κ1) is 15.0. The topological polar surface area (TPSA) is 55.6 Å². The molecule has 3 aromatic rings. The van der Waals surface area contributed by atoms with Gasteiger partial charge in [-0.15, -0.1) is 0 Å². The number of ether oxygens (including phenoxy) is 1. The van der Waals surface area contributed by atoms with Crippen molar-refractivity contribution in [3.63, 3.8) is 0 Å². The van der Waals surface area contributed by atoms with Gasteiger partial charge in [-0.2, -0.15) is 0 Å². The third kappa shape index (κ3) is 2.61. The standard InChI is InChI=1S/C16H13F2N3O2/c1-9-14(21-7-3-4-13(23-2)15(21)19-9)16(22)20-10-5-6-11(17)12(18)8-10/h3-8H,1-2H3,(H,20,22). The number of nitrogens with one attached hydrogen (secondary N) is 1. The molecule has 0 unspecified atom stereocenters. The number of fused-ring (bicyclic) bond motifs is 1. The minimum atomic E-state index is -1.03. The van der Waals surface area contributed by atoms with E-state index in [-0.39, 0.29) is 5.69 Å². The van der Waals surface area contributed by atoms with E-state index >= 15 is 0 Å². The Morgan fingerprint density at radius 3 is 2.74 bits per heavy atom. The van der Waals surface area contributed by atoms with Crippen molar-refractivity contribution >= 4 is 17.2 Å². The van der Waals surface area contributed by atoms with Crippen molar-refractivity contribution in [3.8, 4) is 5.75 Å². The summed E-state index contributed by atoms with van der Waals surface area (Å²) in [7, 11) is 1.51. The highest BCUT2D eigenvalue weighted by molar-refractivity contribution is 6.04. The number of aryl methyl sites for hydroxylation is 1. The van der Waals surface area contributed by atoms with E-state index in [2.05, 4.69) is 10.3 Å². The molecule has 0 atom stereocenters. The summed E-state index contributed by atoms with van der Waals surface area (Å²) in [5.41, 5.74) is 1.45. The summed E-state index contributed by atoms with van der Waals surface area (Å²) >= 11 is 0. The number of imidazole rings is 1. The number of benzene rings is 1. The summed E-state index contributed by atoms with van der Waals surface area (Å²) in [6.07, 6.45) is 1.68. The van der Waals surface area contributed by atoms with Gasteiger partial charge in [0.25, 0.3) is 5.91 Å². The Kier molecular flexibility index (Phi) is 3.69. The number of nitrogens with zero attached hydrogens (tertiary/aromatic N) is 2. The maximum atomic E-state index is 13.2. The van der Waals surface area contributed by atoms with Crippen LogP contribution in [0.25, 0.3) is 5.65 Å². The molecule has 2 aromatic heterocycles. The highest BCUT2D eigenvalue weighted by atomic mass is 19.2.